The lowest BCUT2D eigenvalue weighted by atomic mass is 10.2. The smallest absolute Gasteiger partial charge is 0.340 e. The number of morpholine rings is 1. The molecule has 0 unspecified atom stereocenters. The Morgan fingerprint density at radius 1 is 1.02 bits per heavy atom. The molecule has 1 fully saturated rings. The fourth-order valence-corrected chi connectivity index (χ4v) is 5.03. The van der Waals surface area contributed by atoms with Crippen LogP contribution in [0.25, 0.3) is 22.1 Å². The quantitative estimate of drug-likeness (QED) is 0.199. The zero-order valence-electron chi connectivity index (χ0n) is 22.9. The number of aromatic amines is 1. The molecule has 1 aliphatic heterocycles. The highest BCUT2D eigenvalue weighted by atomic mass is 35.6. The van der Waals surface area contributed by atoms with Crippen LogP contribution in [0.1, 0.15) is 26.8 Å². The molecule has 1 saturated heterocycles. The van der Waals surface area contributed by atoms with Crippen LogP contribution >= 0.6 is 34.8 Å². The minimum atomic E-state index is -1.48. The number of ether oxygens (including phenoxy) is 2. The van der Waals surface area contributed by atoms with E-state index in [9.17, 15) is 14.4 Å². The summed E-state index contributed by atoms with van der Waals surface area (Å²) in [6, 6.07) is 19.6. The Bertz CT molecular complexity index is 1810. The molecule has 43 heavy (non-hydrogen) atoms. The van der Waals surface area contributed by atoms with Gasteiger partial charge in [0.2, 0.25) is 3.79 Å². The molecular weight excluding hydrogens is 619 g/mol. The predicted octanol–water partition coefficient (Wildman–Crippen LogP) is 5.37. The zero-order chi connectivity index (χ0) is 30.7. The lowest BCUT2D eigenvalue weighted by molar-refractivity contribution is -0.125. The fraction of sp³-hybridized carbons (Fsp3) is 0.207. The van der Waals surface area contributed by atoms with E-state index in [1.54, 1.807) is 51.9 Å². The van der Waals surface area contributed by atoms with E-state index in [2.05, 4.69) is 20.3 Å². The van der Waals surface area contributed by atoms with Gasteiger partial charge < -0.3 is 29.2 Å². The maximum Gasteiger partial charge on any atom is 0.340 e. The molecule has 222 valence electrons. The summed E-state index contributed by atoms with van der Waals surface area (Å²) in [5.41, 5.74) is 4.27. The van der Waals surface area contributed by atoms with Crippen molar-refractivity contribution in [2.45, 2.75) is 3.79 Å². The first-order valence-electron chi connectivity index (χ1n) is 12.9. The number of H-pyrrole nitrogens is 1. The Labute approximate surface area is 260 Å². The molecule has 14 heteroatoms. The van der Waals surface area contributed by atoms with Crippen LogP contribution in [-0.2, 0) is 25.1 Å². The number of nitrogens with one attached hydrogen (secondary N) is 2. The van der Waals surface area contributed by atoms with E-state index in [-0.39, 0.29) is 23.9 Å². The van der Waals surface area contributed by atoms with Crippen molar-refractivity contribution in [2.75, 3.05) is 37.1 Å². The topological polar surface area (TPSA) is 131 Å². The van der Waals surface area contributed by atoms with Crippen molar-refractivity contribution in [1.29, 1.82) is 0 Å². The normalized spacial score (nSPS) is 13.5. The molecule has 0 aliphatic carbocycles. The summed E-state index contributed by atoms with van der Waals surface area (Å²) >= 11 is 17.3. The second-order valence-electron chi connectivity index (χ2n) is 9.36. The second kappa shape index (κ2) is 12.6. The van der Waals surface area contributed by atoms with Gasteiger partial charge in [-0.15, -0.1) is 0 Å². The molecule has 11 nitrogen and oxygen atoms in total. The minimum absolute atomic E-state index is 0.0676. The van der Waals surface area contributed by atoms with Gasteiger partial charge in [-0.3, -0.25) is 9.59 Å². The van der Waals surface area contributed by atoms with Gasteiger partial charge >= 0.3 is 5.97 Å². The first-order chi connectivity index (χ1) is 20.6. The van der Waals surface area contributed by atoms with Crippen molar-refractivity contribution in [3.8, 4) is 0 Å². The average molecular weight is 644 g/mol. The molecule has 1 aliphatic rings. The Morgan fingerprint density at radius 2 is 1.77 bits per heavy atom. The Kier molecular flexibility index (Phi) is 8.88. The molecule has 0 spiro atoms. The molecule has 5 aromatic rings. The zero-order valence-corrected chi connectivity index (χ0v) is 25.2. The number of para-hydroxylation sites is 3. The molecule has 2 N–H and O–H groups in total. The number of anilines is 2. The number of alkyl halides is 3. The Balaban J connectivity index is 0.000000220. The van der Waals surface area contributed by atoms with E-state index >= 15 is 0 Å². The lowest BCUT2D eigenvalue weighted by Crippen LogP contribution is -2.41. The molecule has 2 amide bonds. The number of rotatable bonds is 4. The van der Waals surface area contributed by atoms with Gasteiger partial charge in [-0.05, 0) is 48.5 Å². The first kappa shape index (κ1) is 30.3. The maximum absolute atomic E-state index is 12.6. The van der Waals surface area contributed by atoms with Crippen LogP contribution < -0.4 is 10.2 Å². The molecule has 0 saturated carbocycles. The van der Waals surface area contributed by atoms with Gasteiger partial charge in [-0.1, -0.05) is 53.0 Å². The number of fused-ring (bicyclic) bond motifs is 2. The number of esters is 1. The molecule has 3 heterocycles. The summed E-state index contributed by atoms with van der Waals surface area (Å²) in [7, 11) is 3.11. The third-order valence-electron chi connectivity index (χ3n) is 6.60. The van der Waals surface area contributed by atoms with Gasteiger partial charge in [-0.25, -0.2) is 14.8 Å². The van der Waals surface area contributed by atoms with E-state index < -0.39 is 15.7 Å². The van der Waals surface area contributed by atoms with Crippen LogP contribution in [0.4, 0.5) is 11.4 Å². The number of nitrogens with zero attached hydrogens (tertiary/aromatic N) is 4. The number of hydrogen-bond acceptors (Lipinski definition) is 7. The third-order valence-corrected chi connectivity index (χ3v) is 7.10. The standard InChI is InChI=1S/C20H18N4O5.C9H7Cl3N2/c1-28-20(27)14-3-2-4-15-17(14)23-18(22-15)19(26)21-12-5-7-13(8-6-12)24-9-10-29-11-16(24)25;1-14-7-5-3-2-4-6(7)13-8(14)9(10,11)12/h2-8H,9-11H2,1H3,(H,21,26)(H,22,23);2-5H,1H3. The van der Waals surface area contributed by atoms with Crippen molar-refractivity contribution >= 4 is 86.0 Å². The van der Waals surface area contributed by atoms with Gasteiger partial charge in [0.1, 0.15) is 12.1 Å². The van der Waals surface area contributed by atoms with Crippen LogP contribution in [-0.4, -0.2) is 64.2 Å². The van der Waals surface area contributed by atoms with Gasteiger partial charge in [-0.2, -0.15) is 0 Å². The number of amides is 2. The number of halogens is 3. The van der Waals surface area contributed by atoms with Crippen molar-refractivity contribution < 1.29 is 23.9 Å². The number of hydrogen-bond donors (Lipinski definition) is 2. The van der Waals surface area contributed by atoms with Gasteiger partial charge in [0.05, 0.1) is 35.8 Å². The molecule has 0 atom stereocenters. The molecule has 0 radical (unpaired) electrons. The SMILES string of the molecule is COC(=O)c1cccc2[nH]c(C(=O)Nc3ccc(N4CCOCC4=O)cc3)nc12.Cn1c(C(Cl)(Cl)Cl)nc2ccccc21. The second-order valence-corrected chi connectivity index (χ2v) is 11.6. The average Bonchev–Trinajstić information content (AvgIpc) is 3.60. The molecule has 6 rings (SSSR count). The summed E-state index contributed by atoms with van der Waals surface area (Å²) < 4.78 is 10.2. The highest BCUT2D eigenvalue weighted by molar-refractivity contribution is 6.66. The highest BCUT2D eigenvalue weighted by Gasteiger charge is 2.29. The van der Waals surface area contributed by atoms with Crippen molar-refractivity contribution in [1.82, 2.24) is 19.5 Å². The first-order valence-corrected chi connectivity index (χ1v) is 14.1. The van der Waals surface area contributed by atoms with Crippen molar-refractivity contribution in [2.24, 2.45) is 7.05 Å². The molecule has 3 aromatic carbocycles. The van der Waals surface area contributed by atoms with E-state index in [4.69, 9.17) is 44.3 Å². The monoisotopic (exact) mass is 642 g/mol. The van der Waals surface area contributed by atoms with E-state index in [1.807, 2.05) is 31.3 Å². The number of imidazole rings is 2. The number of aryl methyl sites for hydroxylation is 1. The van der Waals surface area contributed by atoms with E-state index in [0.29, 0.717) is 35.7 Å². The van der Waals surface area contributed by atoms with E-state index in [0.717, 1.165) is 16.7 Å². The Morgan fingerprint density at radius 3 is 2.44 bits per heavy atom. The van der Waals surface area contributed by atoms with Gasteiger partial charge in [0.15, 0.2) is 11.6 Å². The van der Waals surface area contributed by atoms with Gasteiger partial charge in [0.25, 0.3) is 11.8 Å². The van der Waals surface area contributed by atoms with Crippen LogP contribution in [0, 0.1) is 0 Å². The number of aromatic nitrogens is 4. The number of carbonyl (C=O) groups excluding carboxylic acids is 3. The largest absolute Gasteiger partial charge is 0.465 e. The summed E-state index contributed by atoms with van der Waals surface area (Å²) in [5.74, 6) is -0.571. The van der Waals surface area contributed by atoms with Gasteiger partial charge in [0, 0.05) is 25.0 Å². The van der Waals surface area contributed by atoms with Crippen molar-refractivity contribution in [3.05, 3.63) is 83.9 Å². The lowest BCUT2D eigenvalue weighted by Gasteiger charge is -2.26. The highest BCUT2D eigenvalue weighted by Crippen LogP contribution is 2.38. The van der Waals surface area contributed by atoms with Crippen molar-refractivity contribution in [3.63, 3.8) is 0 Å². The molecular formula is C29H25Cl3N6O5. The maximum atomic E-state index is 12.6. The third kappa shape index (κ3) is 6.60. The predicted molar refractivity (Wildman–Crippen MR) is 165 cm³/mol. The number of carbonyl (C=O) groups is 3. The molecule has 2 aromatic heterocycles. The van der Waals surface area contributed by atoms with E-state index in [1.165, 1.54) is 7.11 Å². The number of methoxy groups -OCH3 is 1. The van der Waals surface area contributed by atoms with Crippen LogP contribution in [0.3, 0.4) is 0 Å². The summed E-state index contributed by atoms with van der Waals surface area (Å²) in [6.07, 6.45) is 0. The van der Waals surface area contributed by atoms with Crippen LogP contribution in [0.5, 0.6) is 0 Å². The fourth-order valence-electron chi connectivity index (χ4n) is 4.52. The molecule has 0 bridgehead atoms. The summed E-state index contributed by atoms with van der Waals surface area (Å²) in [6.45, 7) is 1.05. The summed E-state index contributed by atoms with van der Waals surface area (Å²) in [5, 5.41) is 2.75. The minimum Gasteiger partial charge on any atom is -0.465 e. The number of benzene rings is 3. The Hall–Kier alpha value is -4.16. The van der Waals surface area contributed by atoms with Crippen LogP contribution in [0.15, 0.2) is 66.7 Å². The summed E-state index contributed by atoms with van der Waals surface area (Å²) in [4.78, 5) is 49.4. The van der Waals surface area contributed by atoms with Crippen LogP contribution in [0.2, 0.25) is 0 Å².